The third kappa shape index (κ3) is 2.02. The van der Waals surface area contributed by atoms with E-state index in [4.69, 9.17) is 0 Å². The summed E-state index contributed by atoms with van der Waals surface area (Å²) in [4.78, 5) is 12.2. The Kier molecular flexibility index (Phi) is 2.74. The summed E-state index contributed by atoms with van der Waals surface area (Å²) in [5.74, 6) is -0.666. The normalized spacial score (nSPS) is 18.2. The molecule has 1 aromatic carbocycles. The molecule has 0 saturated heterocycles. The minimum absolute atomic E-state index is 0.548. The first-order chi connectivity index (χ1) is 7.12. The van der Waals surface area contributed by atoms with E-state index in [2.05, 4.69) is 0 Å². The van der Waals surface area contributed by atoms with E-state index in [1.165, 1.54) is 17.3 Å². The molecule has 0 heterocycles. The highest BCUT2D eigenvalue weighted by atomic mass is 32.2. The van der Waals surface area contributed by atoms with Gasteiger partial charge in [-0.1, -0.05) is 17.7 Å². The molecule has 0 unspecified atom stereocenters. The molecule has 0 aliphatic heterocycles. The van der Waals surface area contributed by atoms with E-state index < -0.39 is 10.7 Å². The van der Waals surface area contributed by atoms with Crippen molar-refractivity contribution in [2.45, 2.75) is 35.8 Å². The van der Waals surface area contributed by atoms with Gasteiger partial charge in [0, 0.05) is 4.90 Å². The second-order valence-electron chi connectivity index (χ2n) is 4.07. The van der Waals surface area contributed by atoms with Gasteiger partial charge >= 0.3 is 5.97 Å². The highest BCUT2D eigenvalue weighted by Gasteiger charge is 2.45. The molecule has 1 aliphatic rings. The number of thioether (sulfide) groups is 1. The van der Waals surface area contributed by atoms with Crippen molar-refractivity contribution in [2.24, 2.45) is 0 Å². The number of aliphatic carboxylic acids is 1. The van der Waals surface area contributed by atoms with Crippen LogP contribution in [0.1, 0.15) is 24.8 Å². The Morgan fingerprint density at radius 1 is 1.47 bits per heavy atom. The fraction of sp³-hybridized carbons (Fsp3) is 0.417. The number of hydrogen-bond donors (Lipinski definition) is 1. The maximum Gasteiger partial charge on any atom is 0.320 e. The average molecular weight is 222 g/mol. The van der Waals surface area contributed by atoms with Crippen LogP contribution in [0, 0.1) is 6.92 Å². The number of hydrogen-bond acceptors (Lipinski definition) is 2. The topological polar surface area (TPSA) is 37.3 Å². The van der Waals surface area contributed by atoms with E-state index in [0.717, 1.165) is 24.2 Å². The van der Waals surface area contributed by atoms with Gasteiger partial charge in [0.25, 0.3) is 0 Å². The van der Waals surface area contributed by atoms with E-state index >= 15 is 0 Å². The lowest BCUT2D eigenvalue weighted by molar-refractivity contribution is -0.142. The minimum atomic E-state index is -0.666. The molecule has 80 valence electrons. The fourth-order valence-electron chi connectivity index (χ4n) is 1.76. The SMILES string of the molecule is Cc1cccc(SC2(C(=O)O)CCC2)c1. The zero-order valence-electron chi connectivity index (χ0n) is 8.69. The number of carboxylic acids is 1. The van der Waals surface area contributed by atoms with Crippen molar-refractivity contribution in [2.75, 3.05) is 0 Å². The van der Waals surface area contributed by atoms with Gasteiger partial charge in [-0.15, -0.1) is 11.8 Å². The van der Waals surface area contributed by atoms with Crippen LogP contribution in [0.5, 0.6) is 0 Å². The Morgan fingerprint density at radius 2 is 2.20 bits per heavy atom. The summed E-state index contributed by atoms with van der Waals surface area (Å²) in [5.41, 5.74) is 1.18. The van der Waals surface area contributed by atoms with Crippen molar-refractivity contribution >= 4 is 17.7 Å². The van der Waals surface area contributed by atoms with Crippen molar-refractivity contribution in [1.82, 2.24) is 0 Å². The van der Waals surface area contributed by atoms with Crippen LogP contribution < -0.4 is 0 Å². The van der Waals surface area contributed by atoms with E-state index in [1.807, 2.05) is 31.2 Å². The fourth-order valence-corrected chi connectivity index (χ4v) is 3.18. The van der Waals surface area contributed by atoms with Gasteiger partial charge in [-0.3, -0.25) is 4.79 Å². The van der Waals surface area contributed by atoms with Gasteiger partial charge in [-0.25, -0.2) is 0 Å². The molecule has 2 nitrogen and oxygen atoms in total. The molecule has 1 saturated carbocycles. The van der Waals surface area contributed by atoms with Crippen LogP contribution in [-0.4, -0.2) is 15.8 Å². The van der Waals surface area contributed by atoms with Crippen LogP contribution in [0.3, 0.4) is 0 Å². The molecule has 0 radical (unpaired) electrons. The lowest BCUT2D eigenvalue weighted by Crippen LogP contribution is -2.41. The number of carbonyl (C=O) groups is 1. The molecule has 1 aliphatic carbocycles. The van der Waals surface area contributed by atoms with Crippen LogP contribution in [0.15, 0.2) is 29.2 Å². The van der Waals surface area contributed by atoms with Gasteiger partial charge in [0.2, 0.25) is 0 Å². The zero-order chi connectivity index (χ0) is 10.9. The molecule has 3 heteroatoms. The largest absolute Gasteiger partial charge is 0.480 e. The van der Waals surface area contributed by atoms with Crippen molar-refractivity contribution in [1.29, 1.82) is 0 Å². The first kappa shape index (κ1) is 10.6. The summed E-state index contributed by atoms with van der Waals surface area (Å²) in [6.07, 6.45) is 2.62. The molecular formula is C12H14O2S. The predicted molar refractivity (Wildman–Crippen MR) is 61.3 cm³/mol. The molecule has 15 heavy (non-hydrogen) atoms. The third-order valence-corrected chi connectivity index (χ3v) is 4.32. The molecule has 1 aromatic rings. The maximum atomic E-state index is 11.2. The van der Waals surface area contributed by atoms with Gasteiger partial charge in [-0.05, 0) is 38.3 Å². The number of benzene rings is 1. The summed E-state index contributed by atoms with van der Waals surface area (Å²) in [6.45, 7) is 2.03. The van der Waals surface area contributed by atoms with Gasteiger partial charge in [0.15, 0.2) is 0 Å². The van der Waals surface area contributed by atoms with Crippen LogP contribution >= 0.6 is 11.8 Å². The highest BCUT2D eigenvalue weighted by Crippen LogP contribution is 2.47. The summed E-state index contributed by atoms with van der Waals surface area (Å²) in [6, 6.07) is 8.04. The smallest absolute Gasteiger partial charge is 0.320 e. The molecule has 0 amide bonds. The minimum Gasteiger partial charge on any atom is -0.480 e. The molecule has 0 spiro atoms. The molecule has 0 atom stereocenters. The zero-order valence-corrected chi connectivity index (χ0v) is 9.51. The first-order valence-electron chi connectivity index (χ1n) is 5.11. The molecule has 0 bridgehead atoms. The van der Waals surface area contributed by atoms with Gasteiger partial charge < -0.3 is 5.11 Å². The Hall–Kier alpha value is -0.960. The van der Waals surface area contributed by atoms with E-state index in [-0.39, 0.29) is 0 Å². The number of carboxylic acid groups (broad SMARTS) is 1. The third-order valence-electron chi connectivity index (χ3n) is 2.85. The quantitative estimate of drug-likeness (QED) is 0.854. The molecule has 2 rings (SSSR count). The lowest BCUT2D eigenvalue weighted by atomic mass is 9.84. The van der Waals surface area contributed by atoms with Crippen LogP contribution in [0.4, 0.5) is 0 Å². The van der Waals surface area contributed by atoms with Crippen molar-refractivity contribution in [3.8, 4) is 0 Å². The van der Waals surface area contributed by atoms with Crippen molar-refractivity contribution in [3.05, 3.63) is 29.8 Å². The molecule has 1 N–H and O–H groups in total. The van der Waals surface area contributed by atoms with E-state index in [1.54, 1.807) is 0 Å². The maximum absolute atomic E-state index is 11.2. The Labute approximate surface area is 93.7 Å². The monoisotopic (exact) mass is 222 g/mol. The van der Waals surface area contributed by atoms with Gasteiger partial charge in [-0.2, -0.15) is 0 Å². The highest BCUT2D eigenvalue weighted by molar-refractivity contribution is 8.01. The number of rotatable bonds is 3. The van der Waals surface area contributed by atoms with Crippen LogP contribution in [-0.2, 0) is 4.79 Å². The Morgan fingerprint density at radius 3 is 2.67 bits per heavy atom. The summed E-state index contributed by atoms with van der Waals surface area (Å²) < 4.78 is -0.548. The molecule has 1 fully saturated rings. The molecular weight excluding hydrogens is 208 g/mol. The van der Waals surface area contributed by atoms with E-state index in [9.17, 15) is 9.90 Å². The van der Waals surface area contributed by atoms with Crippen LogP contribution in [0.2, 0.25) is 0 Å². The van der Waals surface area contributed by atoms with E-state index in [0.29, 0.717) is 0 Å². The van der Waals surface area contributed by atoms with Crippen molar-refractivity contribution < 1.29 is 9.90 Å². The Balaban J connectivity index is 2.17. The Bertz CT molecular complexity index is 383. The first-order valence-corrected chi connectivity index (χ1v) is 5.93. The predicted octanol–water partition coefficient (Wildman–Crippen LogP) is 3.09. The van der Waals surface area contributed by atoms with Gasteiger partial charge in [0.05, 0.1) is 0 Å². The lowest BCUT2D eigenvalue weighted by Gasteiger charge is -2.36. The summed E-state index contributed by atoms with van der Waals surface area (Å²) in [7, 11) is 0. The standard InChI is InChI=1S/C12H14O2S/c1-9-4-2-5-10(8-9)15-12(11(13)14)6-3-7-12/h2,4-5,8H,3,6-7H2,1H3,(H,13,14). The van der Waals surface area contributed by atoms with Gasteiger partial charge in [0.1, 0.15) is 4.75 Å². The second kappa shape index (κ2) is 3.89. The number of aryl methyl sites for hydroxylation is 1. The summed E-state index contributed by atoms with van der Waals surface area (Å²) in [5, 5.41) is 9.19. The molecule has 0 aromatic heterocycles. The summed E-state index contributed by atoms with van der Waals surface area (Å²) >= 11 is 1.50. The second-order valence-corrected chi connectivity index (χ2v) is 5.53. The van der Waals surface area contributed by atoms with Crippen LogP contribution in [0.25, 0.3) is 0 Å². The average Bonchev–Trinajstić information content (AvgIpc) is 2.11. The van der Waals surface area contributed by atoms with Crippen molar-refractivity contribution in [3.63, 3.8) is 0 Å².